The molecule has 1 heterocycles. The maximum atomic E-state index is 5.56. The molecule has 0 spiro atoms. The molecule has 0 aliphatic heterocycles. The summed E-state index contributed by atoms with van der Waals surface area (Å²) in [5, 5.41) is 0. The summed E-state index contributed by atoms with van der Waals surface area (Å²) in [5.74, 6) is 1.61. The van der Waals surface area contributed by atoms with Gasteiger partial charge in [-0.2, -0.15) is 0 Å². The van der Waals surface area contributed by atoms with Crippen molar-refractivity contribution in [1.29, 1.82) is 0 Å². The van der Waals surface area contributed by atoms with E-state index in [1.54, 1.807) is 13.4 Å². The van der Waals surface area contributed by atoms with E-state index in [-0.39, 0.29) is 0 Å². The number of hydrogen-bond acceptors (Lipinski definition) is 3. The smallest absolute Gasteiger partial charge is 0.204 e. The number of hydrogen-bond donors (Lipinski definition) is 0. The summed E-state index contributed by atoms with van der Waals surface area (Å²) in [4.78, 5) is 2.06. The molecular weight excluding hydrogens is 250 g/mol. The maximum Gasteiger partial charge on any atom is 0.204 e. The zero-order valence-electron chi connectivity index (χ0n) is 11.2. The third-order valence-corrected chi connectivity index (χ3v) is 3.07. The largest absolute Gasteiger partial charge is 0.497 e. The summed E-state index contributed by atoms with van der Waals surface area (Å²) >= 11 is 0. The van der Waals surface area contributed by atoms with Gasteiger partial charge in [-0.3, -0.25) is 4.90 Å². The molecule has 3 heteroatoms. The Kier molecular flexibility index (Phi) is 3.42. The van der Waals surface area contributed by atoms with Crippen LogP contribution in [0.1, 0.15) is 0 Å². The van der Waals surface area contributed by atoms with Crippen molar-refractivity contribution >= 4 is 17.3 Å². The molecule has 0 saturated carbocycles. The van der Waals surface area contributed by atoms with Crippen LogP contribution in [0.5, 0.6) is 5.75 Å². The van der Waals surface area contributed by atoms with Crippen molar-refractivity contribution in [3.8, 4) is 5.75 Å². The average Bonchev–Trinajstić information content (AvgIpc) is 3.03. The molecule has 2 aromatic carbocycles. The first-order chi connectivity index (χ1) is 9.88. The van der Waals surface area contributed by atoms with Gasteiger partial charge in [-0.25, -0.2) is 0 Å². The molecular formula is C17H15NO2. The summed E-state index contributed by atoms with van der Waals surface area (Å²) < 4.78 is 10.8. The zero-order valence-corrected chi connectivity index (χ0v) is 11.2. The first kappa shape index (κ1) is 12.4. The molecule has 0 unspecified atom stereocenters. The molecule has 0 aliphatic rings. The first-order valence-corrected chi connectivity index (χ1v) is 6.41. The van der Waals surface area contributed by atoms with E-state index < -0.39 is 0 Å². The Hall–Kier alpha value is -2.68. The Morgan fingerprint density at radius 3 is 2.10 bits per heavy atom. The van der Waals surface area contributed by atoms with Gasteiger partial charge in [0.2, 0.25) is 5.88 Å². The van der Waals surface area contributed by atoms with Gasteiger partial charge in [0.25, 0.3) is 0 Å². The highest BCUT2D eigenvalue weighted by atomic mass is 16.5. The minimum absolute atomic E-state index is 0.779. The summed E-state index contributed by atoms with van der Waals surface area (Å²) in [7, 11) is 1.66. The van der Waals surface area contributed by atoms with Crippen molar-refractivity contribution in [2.24, 2.45) is 0 Å². The van der Waals surface area contributed by atoms with Crippen molar-refractivity contribution in [3.63, 3.8) is 0 Å². The molecule has 1 aromatic heterocycles. The van der Waals surface area contributed by atoms with Crippen LogP contribution in [-0.2, 0) is 0 Å². The van der Waals surface area contributed by atoms with Gasteiger partial charge in [0, 0.05) is 17.4 Å². The van der Waals surface area contributed by atoms with Crippen LogP contribution in [0, 0.1) is 0 Å². The van der Waals surface area contributed by atoms with E-state index in [2.05, 4.69) is 4.90 Å². The lowest BCUT2D eigenvalue weighted by molar-refractivity contribution is 0.415. The first-order valence-electron chi connectivity index (χ1n) is 6.41. The van der Waals surface area contributed by atoms with Crippen LogP contribution in [-0.4, -0.2) is 7.11 Å². The molecule has 100 valence electrons. The van der Waals surface area contributed by atoms with E-state index in [0.717, 1.165) is 23.0 Å². The second-order valence-corrected chi connectivity index (χ2v) is 4.32. The van der Waals surface area contributed by atoms with E-state index in [9.17, 15) is 0 Å². The van der Waals surface area contributed by atoms with Crippen molar-refractivity contribution in [3.05, 3.63) is 73.0 Å². The van der Waals surface area contributed by atoms with Gasteiger partial charge in [0.1, 0.15) is 5.75 Å². The SMILES string of the molecule is COc1ccc(N(c2ccccc2)c2ccco2)cc1. The lowest BCUT2D eigenvalue weighted by atomic mass is 10.2. The van der Waals surface area contributed by atoms with Crippen LogP contribution < -0.4 is 9.64 Å². The minimum atomic E-state index is 0.779. The van der Waals surface area contributed by atoms with Gasteiger partial charge in [-0.05, 0) is 42.5 Å². The molecule has 3 aromatic rings. The number of anilines is 3. The van der Waals surface area contributed by atoms with Crippen LogP contribution in [0.4, 0.5) is 17.3 Å². The van der Waals surface area contributed by atoms with Crippen LogP contribution in [0.2, 0.25) is 0 Å². The number of furan rings is 1. The number of nitrogens with zero attached hydrogens (tertiary/aromatic N) is 1. The summed E-state index contributed by atoms with van der Waals surface area (Å²) in [6.45, 7) is 0. The number of ether oxygens (including phenoxy) is 1. The van der Waals surface area contributed by atoms with E-state index >= 15 is 0 Å². The molecule has 0 atom stereocenters. The van der Waals surface area contributed by atoms with Gasteiger partial charge in [0.15, 0.2) is 0 Å². The zero-order chi connectivity index (χ0) is 13.8. The Labute approximate surface area is 118 Å². The topological polar surface area (TPSA) is 25.6 Å². The molecule has 0 radical (unpaired) electrons. The quantitative estimate of drug-likeness (QED) is 0.680. The highest BCUT2D eigenvalue weighted by molar-refractivity contribution is 5.73. The standard InChI is InChI=1S/C17H15NO2/c1-19-16-11-9-15(10-12-16)18(17-8-5-13-20-17)14-6-3-2-4-7-14/h2-13H,1H3. The predicted octanol–water partition coefficient (Wildman–Crippen LogP) is 4.76. The van der Waals surface area contributed by atoms with E-state index in [0.29, 0.717) is 0 Å². The van der Waals surface area contributed by atoms with E-state index in [1.807, 2.05) is 66.7 Å². The summed E-state index contributed by atoms with van der Waals surface area (Å²) in [6.07, 6.45) is 1.68. The van der Waals surface area contributed by atoms with Crippen LogP contribution in [0.15, 0.2) is 77.4 Å². The number of benzene rings is 2. The molecule has 0 N–H and O–H groups in total. The van der Waals surface area contributed by atoms with Gasteiger partial charge < -0.3 is 9.15 Å². The van der Waals surface area contributed by atoms with Crippen LogP contribution >= 0.6 is 0 Å². The number of methoxy groups -OCH3 is 1. The molecule has 20 heavy (non-hydrogen) atoms. The lowest BCUT2D eigenvalue weighted by Crippen LogP contribution is -2.08. The normalized spacial score (nSPS) is 10.2. The predicted molar refractivity (Wildman–Crippen MR) is 79.9 cm³/mol. The Morgan fingerprint density at radius 1 is 0.800 bits per heavy atom. The molecule has 0 fully saturated rings. The number of para-hydroxylation sites is 1. The Balaban J connectivity index is 2.05. The van der Waals surface area contributed by atoms with Crippen molar-refractivity contribution in [1.82, 2.24) is 0 Å². The average molecular weight is 265 g/mol. The molecule has 3 rings (SSSR count). The second-order valence-electron chi connectivity index (χ2n) is 4.32. The molecule has 3 nitrogen and oxygen atoms in total. The molecule has 0 aliphatic carbocycles. The Bertz CT molecular complexity index is 645. The third-order valence-electron chi connectivity index (χ3n) is 3.07. The fraction of sp³-hybridized carbons (Fsp3) is 0.0588. The molecule has 0 bridgehead atoms. The van der Waals surface area contributed by atoms with Crippen molar-refractivity contribution in [2.75, 3.05) is 12.0 Å². The van der Waals surface area contributed by atoms with Crippen molar-refractivity contribution in [2.45, 2.75) is 0 Å². The maximum absolute atomic E-state index is 5.56. The Morgan fingerprint density at radius 2 is 1.50 bits per heavy atom. The fourth-order valence-corrected chi connectivity index (χ4v) is 2.11. The van der Waals surface area contributed by atoms with Crippen molar-refractivity contribution < 1.29 is 9.15 Å². The fourth-order valence-electron chi connectivity index (χ4n) is 2.11. The summed E-state index contributed by atoms with van der Waals surface area (Å²) in [6, 6.07) is 21.8. The highest BCUT2D eigenvalue weighted by Gasteiger charge is 2.13. The van der Waals surface area contributed by atoms with Gasteiger partial charge in [0.05, 0.1) is 13.4 Å². The molecule has 0 saturated heterocycles. The van der Waals surface area contributed by atoms with Gasteiger partial charge in [-0.15, -0.1) is 0 Å². The minimum Gasteiger partial charge on any atom is -0.497 e. The van der Waals surface area contributed by atoms with Gasteiger partial charge in [-0.1, -0.05) is 18.2 Å². The number of rotatable bonds is 4. The highest BCUT2D eigenvalue weighted by Crippen LogP contribution is 2.34. The molecule has 0 amide bonds. The monoisotopic (exact) mass is 265 g/mol. The van der Waals surface area contributed by atoms with E-state index in [1.165, 1.54) is 0 Å². The third kappa shape index (κ3) is 2.38. The van der Waals surface area contributed by atoms with E-state index in [4.69, 9.17) is 9.15 Å². The van der Waals surface area contributed by atoms with Crippen LogP contribution in [0.25, 0.3) is 0 Å². The second kappa shape index (κ2) is 5.53. The van der Waals surface area contributed by atoms with Crippen LogP contribution in [0.3, 0.4) is 0 Å². The van der Waals surface area contributed by atoms with Gasteiger partial charge >= 0.3 is 0 Å². The lowest BCUT2D eigenvalue weighted by Gasteiger charge is -2.22. The summed E-state index contributed by atoms with van der Waals surface area (Å²) in [5.41, 5.74) is 2.07.